The summed E-state index contributed by atoms with van der Waals surface area (Å²) in [6.45, 7) is 18.3. The molecule has 0 fully saturated rings. The van der Waals surface area contributed by atoms with Crippen LogP contribution in [0.2, 0.25) is 0 Å². The molecule has 1 nitrogen and oxygen atoms in total. The maximum atomic E-state index is 10.5. The first-order valence-electron chi connectivity index (χ1n) is 9.18. The molecule has 0 radical (unpaired) electrons. The summed E-state index contributed by atoms with van der Waals surface area (Å²) in [5.41, 5.74) is 9.18. The van der Waals surface area contributed by atoms with Crippen molar-refractivity contribution in [2.75, 3.05) is 0 Å². The summed E-state index contributed by atoms with van der Waals surface area (Å²) >= 11 is 0. The summed E-state index contributed by atoms with van der Waals surface area (Å²) in [4.78, 5) is 0. The van der Waals surface area contributed by atoms with Crippen molar-refractivity contribution >= 4 is 0 Å². The third kappa shape index (κ3) is 3.36. The molecule has 0 aromatic rings. The van der Waals surface area contributed by atoms with Crippen LogP contribution in [0.3, 0.4) is 0 Å². The maximum absolute atomic E-state index is 10.5. The number of allylic oxidation sites excluding steroid dienone is 5. The van der Waals surface area contributed by atoms with Crippen LogP contribution in [0.4, 0.5) is 0 Å². The summed E-state index contributed by atoms with van der Waals surface area (Å²) < 4.78 is 0. The fourth-order valence-electron chi connectivity index (χ4n) is 4.67. The predicted molar refractivity (Wildman–Crippen MR) is 100 cm³/mol. The average molecular weight is 317 g/mol. The van der Waals surface area contributed by atoms with Gasteiger partial charge in [-0.25, -0.2) is 0 Å². The van der Waals surface area contributed by atoms with E-state index in [0.29, 0.717) is 0 Å². The molecule has 0 aromatic carbocycles. The van der Waals surface area contributed by atoms with Gasteiger partial charge in [-0.1, -0.05) is 41.7 Å². The van der Waals surface area contributed by atoms with Crippen molar-refractivity contribution in [2.45, 2.75) is 93.6 Å². The highest BCUT2D eigenvalue weighted by Gasteiger charge is 2.39. The van der Waals surface area contributed by atoms with Gasteiger partial charge in [-0.15, -0.1) is 0 Å². The molecule has 3 unspecified atom stereocenters. The lowest BCUT2D eigenvalue weighted by molar-refractivity contribution is 0.134. The largest absolute Gasteiger partial charge is 0.389 e. The van der Waals surface area contributed by atoms with E-state index in [1.54, 1.807) is 16.7 Å². The van der Waals surface area contributed by atoms with Crippen molar-refractivity contribution in [1.29, 1.82) is 0 Å². The first kappa shape index (κ1) is 18.5. The zero-order valence-corrected chi connectivity index (χ0v) is 16.6. The van der Waals surface area contributed by atoms with Gasteiger partial charge < -0.3 is 5.11 Å². The number of aliphatic hydroxyl groups excluding tert-OH is 1. The number of rotatable bonds is 2. The van der Waals surface area contributed by atoms with Crippen molar-refractivity contribution in [3.63, 3.8) is 0 Å². The summed E-state index contributed by atoms with van der Waals surface area (Å²) in [7, 11) is 0. The molecule has 0 amide bonds. The highest BCUT2D eigenvalue weighted by molar-refractivity contribution is 5.33. The first-order chi connectivity index (χ1) is 10.5. The molecule has 0 spiro atoms. The van der Waals surface area contributed by atoms with Crippen LogP contribution in [-0.4, -0.2) is 11.2 Å². The SMILES string of the molecule is CC1=C(C)CC(C)(/C(C)=C(\C)C2(C)CC(C)=C(C)C(O)C2)CC1. The lowest BCUT2D eigenvalue weighted by Gasteiger charge is -2.44. The molecule has 1 heteroatoms. The lowest BCUT2D eigenvalue weighted by Crippen LogP contribution is -2.33. The van der Waals surface area contributed by atoms with Crippen LogP contribution >= 0.6 is 0 Å². The zero-order valence-electron chi connectivity index (χ0n) is 16.6. The lowest BCUT2D eigenvalue weighted by atomic mass is 9.62. The van der Waals surface area contributed by atoms with Gasteiger partial charge in [0.1, 0.15) is 0 Å². The molecular formula is C22H36O. The quantitative estimate of drug-likeness (QED) is 0.589. The Labute approximate surface area is 143 Å². The molecule has 2 rings (SSSR count). The first-order valence-corrected chi connectivity index (χ1v) is 9.18. The van der Waals surface area contributed by atoms with Gasteiger partial charge in [0, 0.05) is 0 Å². The minimum absolute atomic E-state index is 0.0974. The van der Waals surface area contributed by atoms with Crippen molar-refractivity contribution in [1.82, 2.24) is 0 Å². The number of hydrogen-bond acceptors (Lipinski definition) is 1. The summed E-state index contributed by atoms with van der Waals surface area (Å²) in [6.07, 6.45) is 5.34. The van der Waals surface area contributed by atoms with E-state index in [4.69, 9.17) is 0 Å². The second-order valence-electron chi connectivity index (χ2n) is 8.97. The van der Waals surface area contributed by atoms with Gasteiger partial charge in [-0.2, -0.15) is 0 Å². The second-order valence-corrected chi connectivity index (χ2v) is 8.97. The van der Waals surface area contributed by atoms with Gasteiger partial charge in [0.15, 0.2) is 0 Å². The van der Waals surface area contributed by atoms with E-state index in [1.807, 2.05) is 0 Å². The minimum Gasteiger partial charge on any atom is -0.389 e. The fraction of sp³-hybridized carbons (Fsp3) is 0.727. The average Bonchev–Trinajstić information content (AvgIpc) is 2.47. The van der Waals surface area contributed by atoms with Gasteiger partial charge in [-0.05, 0) is 90.0 Å². The van der Waals surface area contributed by atoms with E-state index in [0.717, 1.165) is 12.8 Å². The molecule has 130 valence electrons. The summed E-state index contributed by atoms with van der Waals surface area (Å²) in [5, 5.41) is 10.5. The Hall–Kier alpha value is -0.820. The standard InChI is InChI=1S/C22H36O/c1-14-9-10-21(7,11-15(14)2)18(5)19(6)22(8)12-16(3)17(4)20(23)13-22/h20,23H,9-13H2,1-8H3/b19-18+. The van der Waals surface area contributed by atoms with Crippen LogP contribution in [0.25, 0.3) is 0 Å². The molecule has 0 saturated heterocycles. The summed E-state index contributed by atoms with van der Waals surface area (Å²) in [6, 6.07) is 0. The molecule has 0 bridgehead atoms. The molecule has 2 aliphatic rings. The Balaban J connectivity index is 2.38. The molecule has 0 aromatic heterocycles. The Morgan fingerprint density at radius 3 is 1.91 bits per heavy atom. The normalized spacial score (nSPS) is 37.2. The van der Waals surface area contributed by atoms with Crippen LogP contribution in [-0.2, 0) is 0 Å². The minimum atomic E-state index is -0.278. The van der Waals surface area contributed by atoms with Crippen molar-refractivity contribution in [2.24, 2.45) is 10.8 Å². The molecular weight excluding hydrogens is 280 g/mol. The number of hydrogen-bond donors (Lipinski definition) is 1. The number of aliphatic hydroxyl groups is 1. The Kier molecular flexibility index (Phi) is 5.02. The smallest absolute Gasteiger partial charge is 0.0758 e. The van der Waals surface area contributed by atoms with Crippen molar-refractivity contribution < 1.29 is 5.11 Å². The van der Waals surface area contributed by atoms with E-state index in [-0.39, 0.29) is 16.9 Å². The Morgan fingerprint density at radius 2 is 1.39 bits per heavy atom. The molecule has 0 heterocycles. The van der Waals surface area contributed by atoms with Crippen LogP contribution in [0.5, 0.6) is 0 Å². The molecule has 2 aliphatic carbocycles. The molecule has 3 atom stereocenters. The zero-order chi connectivity index (χ0) is 17.6. The van der Waals surface area contributed by atoms with E-state index in [9.17, 15) is 5.11 Å². The Bertz CT molecular complexity index is 589. The van der Waals surface area contributed by atoms with E-state index >= 15 is 0 Å². The topological polar surface area (TPSA) is 20.2 Å². The van der Waals surface area contributed by atoms with Crippen LogP contribution in [0.1, 0.15) is 87.5 Å². The predicted octanol–water partition coefficient (Wildman–Crippen LogP) is 6.35. The van der Waals surface area contributed by atoms with Gasteiger partial charge in [0.05, 0.1) is 6.10 Å². The molecule has 0 saturated carbocycles. The van der Waals surface area contributed by atoms with Gasteiger partial charge >= 0.3 is 0 Å². The van der Waals surface area contributed by atoms with Crippen LogP contribution < -0.4 is 0 Å². The monoisotopic (exact) mass is 316 g/mol. The van der Waals surface area contributed by atoms with Gasteiger partial charge in [-0.3, -0.25) is 0 Å². The van der Waals surface area contributed by atoms with Crippen LogP contribution in [0, 0.1) is 10.8 Å². The maximum Gasteiger partial charge on any atom is 0.0758 e. The van der Waals surface area contributed by atoms with Gasteiger partial charge in [0.25, 0.3) is 0 Å². The highest BCUT2D eigenvalue weighted by atomic mass is 16.3. The van der Waals surface area contributed by atoms with Crippen molar-refractivity contribution in [3.8, 4) is 0 Å². The van der Waals surface area contributed by atoms with E-state index in [2.05, 4.69) is 55.4 Å². The van der Waals surface area contributed by atoms with E-state index in [1.165, 1.54) is 36.0 Å². The van der Waals surface area contributed by atoms with Crippen molar-refractivity contribution in [3.05, 3.63) is 33.4 Å². The molecule has 1 N–H and O–H groups in total. The molecule has 23 heavy (non-hydrogen) atoms. The third-order valence-electron chi connectivity index (χ3n) is 7.28. The van der Waals surface area contributed by atoms with Gasteiger partial charge in [0.2, 0.25) is 0 Å². The molecule has 0 aliphatic heterocycles. The Morgan fingerprint density at radius 1 is 0.870 bits per heavy atom. The highest BCUT2D eigenvalue weighted by Crippen LogP contribution is 2.51. The van der Waals surface area contributed by atoms with E-state index < -0.39 is 0 Å². The summed E-state index contributed by atoms with van der Waals surface area (Å²) in [5.74, 6) is 0. The third-order valence-corrected chi connectivity index (χ3v) is 7.28. The second kappa shape index (κ2) is 6.24. The van der Waals surface area contributed by atoms with Crippen LogP contribution in [0.15, 0.2) is 33.4 Å². The fourth-order valence-corrected chi connectivity index (χ4v) is 4.67.